The highest BCUT2D eigenvalue weighted by molar-refractivity contribution is 6.33. The molecule has 0 saturated heterocycles. The van der Waals surface area contributed by atoms with E-state index in [1.807, 2.05) is 18.0 Å². The first-order valence-corrected chi connectivity index (χ1v) is 6.59. The van der Waals surface area contributed by atoms with Crippen molar-refractivity contribution in [1.82, 2.24) is 4.98 Å². The van der Waals surface area contributed by atoms with E-state index in [4.69, 9.17) is 17.3 Å². The van der Waals surface area contributed by atoms with Crippen LogP contribution in [0.1, 0.15) is 16.7 Å². The third kappa shape index (κ3) is 3.25. The monoisotopic (exact) mass is 275 g/mol. The molecule has 0 fully saturated rings. The Morgan fingerprint density at radius 1 is 1.32 bits per heavy atom. The third-order valence-electron chi connectivity index (χ3n) is 3.03. The first-order valence-electron chi connectivity index (χ1n) is 6.22. The van der Waals surface area contributed by atoms with Gasteiger partial charge in [-0.1, -0.05) is 41.4 Å². The number of halogens is 1. The summed E-state index contributed by atoms with van der Waals surface area (Å²) in [7, 11) is 1.98. The van der Waals surface area contributed by atoms with Crippen LogP contribution in [-0.2, 0) is 13.1 Å². The van der Waals surface area contributed by atoms with E-state index in [1.165, 1.54) is 11.1 Å². The summed E-state index contributed by atoms with van der Waals surface area (Å²) >= 11 is 6.32. The molecule has 100 valence electrons. The number of aryl methyl sites for hydroxylation is 1. The molecule has 4 heteroatoms. The van der Waals surface area contributed by atoms with Gasteiger partial charge in [-0.05, 0) is 24.1 Å². The lowest BCUT2D eigenvalue weighted by Crippen LogP contribution is -2.18. The average Bonchev–Trinajstić information content (AvgIpc) is 2.39. The van der Waals surface area contributed by atoms with Crippen molar-refractivity contribution >= 4 is 17.4 Å². The molecule has 1 heterocycles. The zero-order valence-corrected chi connectivity index (χ0v) is 12.0. The summed E-state index contributed by atoms with van der Waals surface area (Å²) < 4.78 is 0. The van der Waals surface area contributed by atoms with Gasteiger partial charge < -0.3 is 10.6 Å². The number of anilines is 1. The van der Waals surface area contributed by atoms with Gasteiger partial charge in [0, 0.05) is 26.3 Å². The number of hydrogen-bond donors (Lipinski definition) is 1. The van der Waals surface area contributed by atoms with E-state index in [0.29, 0.717) is 11.6 Å². The molecule has 0 atom stereocenters. The first-order chi connectivity index (χ1) is 9.11. The largest absolute Gasteiger partial charge is 0.354 e. The number of aromatic nitrogens is 1. The van der Waals surface area contributed by atoms with E-state index in [9.17, 15) is 0 Å². The van der Waals surface area contributed by atoms with Crippen LogP contribution < -0.4 is 10.6 Å². The summed E-state index contributed by atoms with van der Waals surface area (Å²) in [6, 6.07) is 10.3. The molecule has 1 aromatic carbocycles. The van der Waals surface area contributed by atoms with Gasteiger partial charge in [-0.2, -0.15) is 0 Å². The van der Waals surface area contributed by atoms with E-state index in [2.05, 4.69) is 36.2 Å². The Morgan fingerprint density at radius 3 is 2.79 bits per heavy atom. The fourth-order valence-corrected chi connectivity index (χ4v) is 2.39. The van der Waals surface area contributed by atoms with Crippen molar-refractivity contribution < 1.29 is 0 Å². The summed E-state index contributed by atoms with van der Waals surface area (Å²) in [6.07, 6.45) is 1.75. The van der Waals surface area contributed by atoms with Crippen molar-refractivity contribution in [3.8, 4) is 0 Å². The van der Waals surface area contributed by atoms with Crippen molar-refractivity contribution in [2.45, 2.75) is 20.0 Å². The lowest BCUT2D eigenvalue weighted by Gasteiger charge is -2.20. The van der Waals surface area contributed by atoms with Crippen molar-refractivity contribution in [1.29, 1.82) is 0 Å². The van der Waals surface area contributed by atoms with Crippen LogP contribution in [0.25, 0.3) is 0 Å². The maximum atomic E-state index is 6.32. The maximum absolute atomic E-state index is 6.32. The molecule has 0 aliphatic rings. The SMILES string of the molecule is Cc1cccc(CN(C)c2nccc(CN)c2Cl)c1. The van der Waals surface area contributed by atoms with Gasteiger partial charge in [0.25, 0.3) is 0 Å². The van der Waals surface area contributed by atoms with Gasteiger partial charge >= 0.3 is 0 Å². The van der Waals surface area contributed by atoms with Crippen LogP contribution in [0.5, 0.6) is 0 Å². The molecule has 1 aromatic heterocycles. The number of benzene rings is 1. The fraction of sp³-hybridized carbons (Fsp3) is 0.267. The van der Waals surface area contributed by atoms with E-state index in [-0.39, 0.29) is 0 Å². The van der Waals surface area contributed by atoms with Gasteiger partial charge in [-0.3, -0.25) is 0 Å². The lowest BCUT2D eigenvalue weighted by molar-refractivity contribution is 0.891. The first kappa shape index (κ1) is 13.8. The van der Waals surface area contributed by atoms with Gasteiger partial charge in [0.2, 0.25) is 0 Å². The predicted octanol–water partition coefficient (Wildman–Crippen LogP) is 3.14. The summed E-state index contributed by atoms with van der Waals surface area (Å²) in [6.45, 7) is 3.28. The Morgan fingerprint density at radius 2 is 2.11 bits per heavy atom. The Bertz CT molecular complexity index is 569. The third-order valence-corrected chi connectivity index (χ3v) is 3.45. The molecule has 2 aromatic rings. The van der Waals surface area contributed by atoms with Crippen molar-refractivity contribution in [2.75, 3.05) is 11.9 Å². The molecule has 0 aliphatic heterocycles. The molecule has 0 radical (unpaired) electrons. The minimum absolute atomic E-state index is 0.423. The van der Waals surface area contributed by atoms with E-state index in [1.54, 1.807) is 6.20 Å². The Kier molecular flexibility index (Phi) is 4.40. The molecule has 0 unspecified atom stereocenters. The maximum Gasteiger partial charge on any atom is 0.147 e. The molecule has 19 heavy (non-hydrogen) atoms. The van der Waals surface area contributed by atoms with Crippen LogP contribution in [0.3, 0.4) is 0 Å². The van der Waals surface area contributed by atoms with E-state index in [0.717, 1.165) is 17.9 Å². The van der Waals surface area contributed by atoms with Gasteiger partial charge in [0.05, 0.1) is 5.02 Å². The Balaban J connectivity index is 2.23. The van der Waals surface area contributed by atoms with Crippen LogP contribution in [0.2, 0.25) is 5.02 Å². The second-order valence-electron chi connectivity index (χ2n) is 4.66. The summed E-state index contributed by atoms with van der Waals surface area (Å²) in [5.74, 6) is 0.770. The van der Waals surface area contributed by atoms with Crippen molar-refractivity contribution in [3.63, 3.8) is 0 Å². The number of nitrogens with two attached hydrogens (primary N) is 1. The van der Waals surface area contributed by atoms with E-state index < -0.39 is 0 Å². The second-order valence-corrected chi connectivity index (χ2v) is 5.03. The quantitative estimate of drug-likeness (QED) is 0.932. The standard InChI is InChI=1S/C15H18ClN3/c1-11-4-3-5-12(8-11)10-19(2)15-14(16)13(9-17)6-7-18-15/h3-8H,9-10,17H2,1-2H3. The molecule has 0 spiro atoms. The molecule has 2 N–H and O–H groups in total. The van der Waals surface area contributed by atoms with Crippen LogP contribution in [0.4, 0.5) is 5.82 Å². The number of rotatable bonds is 4. The minimum atomic E-state index is 0.423. The molecule has 2 rings (SSSR count). The zero-order chi connectivity index (χ0) is 13.8. The number of nitrogens with zero attached hydrogens (tertiary/aromatic N) is 2. The second kappa shape index (κ2) is 6.04. The summed E-state index contributed by atoms with van der Waals surface area (Å²) in [5, 5.41) is 0.639. The molecule has 0 bridgehead atoms. The number of hydrogen-bond acceptors (Lipinski definition) is 3. The normalized spacial score (nSPS) is 10.5. The Labute approximate surface area is 119 Å². The van der Waals surface area contributed by atoms with Crippen LogP contribution in [0, 0.1) is 6.92 Å². The van der Waals surface area contributed by atoms with Crippen LogP contribution in [0.15, 0.2) is 36.5 Å². The minimum Gasteiger partial charge on any atom is -0.354 e. The molecular formula is C15H18ClN3. The fourth-order valence-electron chi connectivity index (χ4n) is 2.05. The number of pyridine rings is 1. The van der Waals surface area contributed by atoms with Crippen molar-refractivity contribution in [3.05, 3.63) is 58.2 Å². The van der Waals surface area contributed by atoms with Gasteiger partial charge in [-0.25, -0.2) is 4.98 Å². The predicted molar refractivity (Wildman–Crippen MR) is 80.4 cm³/mol. The van der Waals surface area contributed by atoms with E-state index >= 15 is 0 Å². The summed E-state index contributed by atoms with van der Waals surface area (Å²) in [4.78, 5) is 6.38. The van der Waals surface area contributed by atoms with Gasteiger partial charge in [0.1, 0.15) is 5.82 Å². The van der Waals surface area contributed by atoms with Gasteiger partial charge in [-0.15, -0.1) is 0 Å². The molecule has 3 nitrogen and oxygen atoms in total. The topological polar surface area (TPSA) is 42.2 Å². The van der Waals surface area contributed by atoms with Gasteiger partial charge in [0.15, 0.2) is 0 Å². The van der Waals surface area contributed by atoms with Crippen molar-refractivity contribution in [2.24, 2.45) is 5.73 Å². The van der Waals surface area contributed by atoms with Crippen LogP contribution in [-0.4, -0.2) is 12.0 Å². The summed E-state index contributed by atoms with van der Waals surface area (Å²) in [5.41, 5.74) is 9.07. The highest BCUT2D eigenvalue weighted by Gasteiger charge is 2.11. The highest BCUT2D eigenvalue weighted by Crippen LogP contribution is 2.26. The zero-order valence-electron chi connectivity index (χ0n) is 11.2. The average molecular weight is 276 g/mol. The lowest BCUT2D eigenvalue weighted by atomic mass is 10.1. The highest BCUT2D eigenvalue weighted by atomic mass is 35.5. The molecular weight excluding hydrogens is 258 g/mol. The molecule has 0 aliphatic carbocycles. The Hall–Kier alpha value is -1.58. The smallest absolute Gasteiger partial charge is 0.147 e. The molecule has 0 amide bonds. The molecule has 0 saturated carbocycles. The van der Waals surface area contributed by atoms with Crippen LogP contribution >= 0.6 is 11.6 Å².